The minimum atomic E-state index is -1.17. The summed E-state index contributed by atoms with van der Waals surface area (Å²) in [4.78, 5) is 34.1. The molecule has 2 N–H and O–H groups in total. The zero-order valence-corrected chi connectivity index (χ0v) is 17.8. The van der Waals surface area contributed by atoms with E-state index in [2.05, 4.69) is 0 Å². The van der Waals surface area contributed by atoms with E-state index >= 15 is 0 Å². The van der Waals surface area contributed by atoms with Crippen molar-refractivity contribution in [2.45, 2.75) is 45.0 Å². The summed E-state index contributed by atoms with van der Waals surface area (Å²) in [6.07, 6.45) is 22.0. The van der Waals surface area contributed by atoms with E-state index in [0.717, 1.165) is 6.42 Å². The number of carbonyl (C=O) groups excluding carboxylic acids is 2. The van der Waals surface area contributed by atoms with E-state index in [1.807, 2.05) is 19.9 Å². The minimum Gasteiger partial charge on any atom is -0.479 e. The first-order valence-electron chi connectivity index (χ1n) is 10.2. The normalized spacial score (nSPS) is 23.6. The van der Waals surface area contributed by atoms with Crippen LogP contribution in [0.15, 0.2) is 85.1 Å². The van der Waals surface area contributed by atoms with Crippen molar-refractivity contribution in [2.75, 3.05) is 0 Å². The molecule has 4 atom stereocenters. The van der Waals surface area contributed by atoms with Gasteiger partial charge >= 0.3 is 5.97 Å². The van der Waals surface area contributed by atoms with Crippen LogP contribution >= 0.6 is 0 Å². The van der Waals surface area contributed by atoms with E-state index < -0.39 is 35.8 Å². The van der Waals surface area contributed by atoms with Crippen LogP contribution in [0, 0.1) is 5.92 Å². The summed E-state index contributed by atoms with van der Waals surface area (Å²) < 4.78 is 5.23. The molecule has 0 bridgehead atoms. The van der Waals surface area contributed by atoms with Crippen LogP contribution < -0.4 is 0 Å². The lowest BCUT2D eigenvalue weighted by atomic mass is 10.1. The van der Waals surface area contributed by atoms with Crippen molar-refractivity contribution in [3.05, 3.63) is 85.1 Å². The Morgan fingerprint density at radius 2 is 1.42 bits per heavy atom. The molecule has 1 heterocycles. The van der Waals surface area contributed by atoms with Crippen molar-refractivity contribution in [1.82, 2.24) is 0 Å². The van der Waals surface area contributed by atoms with E-state index in [-0.39, 0.29) is 12.3 Å². The van der Waals surface area contributed by atoms with Crippen LogP contribution in [-0.2, 0) is 19.1 Å². The van der Waals surface area contributed by atoms with Crippen LogP contribution in [-0.4, -0.2) is 46.1 Å². The monoisotopic (exact) mass is 426 g/mol. The number of allylic oxidation sites excluding steroid dienone is 13. The lowest BCUT2D eigenvalue weighted by Crippen LogP contribution is -2.29. The highest BCUT2D eigenvalue weighted by Crippen LogP contribution is 2.21. The maximum Gasteiger partial charge on any atom is 0.335 e. The standard InChI is InChI=1S/C25H30O6/c1-3-19(2)16-17-22(27)21(26)15-13-11-9-7-5-4-6-8-10-12-14-20-18-23(28)24(31-20)25(29)30/h4-17,19-20,23-24,28H,3,18H2,1-2H3,(H,29,30)/b6-4+,7-5+,10-8+,11-9+,14-12+,15-13+,17-16+/t19?,20-,23-,24-/m1/s1. The van der Waals surface area contributed by atoms with Crippen LogP contribution in [0.25, 0.3) is 0 Å². The maximum absolute atomic E-state index is 11.6. The van der Waals surface area contributed by atoms with Gasteiger partial charge in [-0.15, -0.1) is 0 Å². The molecule has 1 aliphatic heterocycles. The Bertz CT molecular complexity index is 810. The number of hydrogen-bond donors (Lipinski definition) is 2. The van der Waals surface area contributed by atoms with E-state index in [1.54, 1.807) is 60.8 Å². The third-order valence-corrected chi connectivity index (χ3v) is 4.42. The molecule has 6 heteroatoms. The average molecular weight is 427 g/mol. The summed E-state index contributed by atoms with van der Waals surface area (Å²) in [5.74, 6) is -1.97. The molecule has 0 aromatic heterocycles. The summed E-state index contributed by atoms with van der Waals surface area (Å²) in [5.41, 5.74) is 0. The minimum absolute atomic E-state index is 0.259. The van der Waals surface area contributed by atoms with Crippen LogP contribution in [0.2, 0.25) is 0 Å². The molecule has 1 saturated heterocycles. The molecule has 0 aromatic rings. The second-order valence-corrected chi connectivity index (χ2v) is 6.99. The fourth-order valence-corrected chi connectivity index (χ4v) is 2.44. The van der Waals surface area contributed by atoms with Gasteiger partial charge in [-0.2, -0.15) is 0 Å². The zero-order chi connectivity index (χ0) is 23.1. The van der Waals surface area contributed by atoms with Gasteiger partial charge in [0.25, 0.3) is 0 Å². The largest absolute Gasteiger partial charge is 0.479 e. The number of aliphatic carboxylic acids is 1. The maximum atomic E-state index is 11.6. The van der Waals surface area contributed by atoms with Crippen molar-refractivity contribution in [3.8, 4) is 0 Å². The van der Waals surface area contributed by atoms with E-state index in [1.165, 1.54) is 18.2 Å². The van der Waals surface area contributed by atoms with Crippen LogP contribution in [0.1, 0.15) is 26.7 Å². The molecular formula is C25H30O6. The lowest BCUT2D eigenvalue weighted by Gasteiger charge is -2.07. The van der Waals surface area contributed by atoms with Crippen molar-refractivity contribution in [2.24, 2.45) is 5.92 Å². The first kappa shape index (κ1) is 25.9. The second-order valence-electron chi connectivity index (χ2n) is 6.99. The van der Waals surface area contributed by atoms with Gasteiger partial charge in [-0.1, -0.05) is 93.2 Å². The van der Waals surface area contributed by atoms with Gasteiger partial charge in [-0.05, 0) is 18.1 Å². The number of carbonyl (C=O) groups is 3. The summed E-state index contributed by atoms with van der Waals surface area (Å²) >= 11 is 0. The molecule has 0 aliphatic carbocycles. The Kier molecular flexibility index (Phi) is 12.4. The number of ketones is 2. The predicted molar refractivity (Wildman–Crippen MR) is 120 cm³/mol. The Morgan fingerprint density at radius 1 is 0.903 bits per heavy atom. The number of hydrogen-bond acceptors (Lipinski definition) is 5. The van der Waals surface area contributed by atoms with Gasteiger partial charge in [0.05, 0.1) is 12.2 Å². The molecule has 31 heavy (non-hydrogen) atoms. The Balaban J connectivity index is 2.30. The average Bonchev–Trinajstić information content (AvgIpc) is 3.12. The number of aliphatic hydroxyl groups excluding tert-OH is 1. The highest BCUT2D eigenvalue weighted by Gasteiger charge is 2.37. The SMILES string of the molecule is CCC(C)/C=C/C(=O)C(=O)/C=C/C=C/C=C/C=C/C=C/C=C/[C@@H]1C[C@@H](O)[C@H](C(=O)O)O1. The molecule has 0 saturated carbocycles. The summed E-state index contributed by atoms with van der Waals surface area (Å²) in [6, 6.07) is 0. The fraction of sp³-hybridized carbons (Fsp3) is 0.320. The highest BCUT2D eigenvalue weighted by atomic mass is 16.5. The Hall–Kier alpha value is -3.09. The van der Waals surface area contributed by atoms with Crippen LogP contribution in [0.3, 0.4) is 0 Å². The lowest BCUT2D eigenvalue weighted by molar-refractivity contribution is -0.152. The van der Waals surface area contributed by atoms with Gasteiger partial charge in [0.15, 0.2) is 6.10 Å². The van der Waals surface area contributed by atoms with Crippen LogP contribution in [0.4, 0.5) is 0 Å². The van der Waals surface area contributed by atoms with Crippen LogP contribution in [0.5, 0.6) is 0 Å². The fourth-order valence-electron chi connectivity index (χ4n) is 2.44. The van der Waals surface area contributed by atoms with Gasteiger partial charge in [-0.25, -0.2) is 4.79 Å². The molecule has 1 rings (SSSR count). The van der Waals surface area contributed by atoms with Crippen molar-refractivity contribution in [3.63, 3.8) is 0 Å². The number of rotatable bonds is 12. The molecular weight excluding hydrogens is 396 g/mol. The summed E-state index contributed by atoms with van der Waals surface area (Å²) in [7, 11) is 0. The highest BCUT2D eigenvalue weighted by molar-refractivity contribution is 6.45. The number of aliphatic hydroxyl groups is 1. The van der Waals surface area contributed by atoms with Gasteiger partial charge in [0.1, 0.15) is 0 Å². The van der Waals surface area contributed by atoms with Gasteiger partial charge in [0.2, 0.25) is 11.6 Å². The molecule has 1 aliphatic rings. The third kappa shape index (κ3) is 11.0. The van der Waals surface area contributed by atoms with E-state index in [4.69, 9.17) is 9.84 Å². The molecule has 166 valence electrons. The number of carboxylic acid groups (broad SMARTS) is 1. The summed E-state index contributed by atoms with van der Waals surface area (Å²) in [6.45, 7) is 4.00. The van der Waals surface area contributed by atoms with Crippen molar-refractivity contribution < 1.29 is 29.3 Å². The molecule has 0 amide bonds. The molecule has 0 radical (unpaired) electrons. The Labute approximate surface area is 183 Å². The first-order valence-corrected chi connectivity index (χ1v) is 10.2. The van der Waals surface area contributed by atoms with Gasteiger partial charge < -0.3 is 14.9 Å². The summed E-state index contributed by atoms with van der Waals surface area (Å²) in [5, 5.41) is 18.5. The third-order valence-electron chi connectivity index (χ3n) is 4.42. The molecule has 6 nitrogen and oxygen atoms in total. The molecule has 1 fully saturated rings. The predicted octanol–water partition coefficient (Wildman–Crippen LogP) is 3.67. The molecule has 0 spiro atoms. The molecule has 0 aromatic carbocycles. The van der Waals surface area contributed by atoms with Crippen molar-refractivity contribution in [1.29, 1.82) is 0 Å². The quantitative estimate of drug-likeness (QED) is 0.281. The number of carboxylic acids is 1. The van der Waals surface area contributed by atoms with Gasteiger partial charge in [-0.3, -0.25) is 9.59 Å². The topological polar surface area (TPSA) is 101 Å². The van der Waals surface area contributed by atoms with E-state index in [9.17, 15) is 19.5 Å². The number of ether oxygens (including phenoxy) is 1. The van der Waals surface area contributed by atoms with Gasteiger partial charge in [0, 0.05) is 6.42 Å². The second kappa shape index (κ2) is 14.8. The zero-order valence-electron chi connectivity index (χ0n) is 17.8. The first-order chi connectivity index (χ1) is 14.8. The molecule has 1 unspecified atom stereocenters. The Morgan fingerprint density at radius 3 is 1.94 bits per heavy atom. The smallest absolute Gasteiger partial charge is 0.335 e. The van der Waals surface area contributed by atoms with E-state index in [0.29, 0.717) is 0 Å². The van der Waals surface area contributed by atoms with Crippen molar-refractivity contribution >= 4 is 17.5 Å².